The topological polar surface area (TPSA) is 41.1 Å². The van der Waals surface area contributed by atoms with Gasteiger partial charge in [0.15, 0.2) is 0 Å². The fourth-order valence-electron chi connectivity index (χ4n) is 2.83. The first kappa shape index (κ1) is 16.1. The summed E-state index contributed by atoms with van der Waals surface area (Å²) in [6, 6.07) is 7.97. The number of hydrogen-bond acceptors (Lipinski definition) is 4. The van der Waals surface area contributed by atoms with Crippen LogP contribution >= 0.6 is 11.6 Å². The molecule has 0 radical (unpaired) electrons. The van der Waals surface area contributed by atoms with E-state index in [-0.39, 0.29) is 0 Å². The first-order valence-electron chi connectivity index (χ1n) is 8.15. The van der Waals surface area contributed by atoms with Crippen molar-refractivity contribution in [1.29, 1.82) is 0 Å². The molecule has 5 heteroatoms. The number of piperidine rings is 1. The van der Waals surface area contributed by atoms with Crippen LogP contribution in [0, 0.1) is 19.8 Å². The molecule has 23 heavy (non-hydrogen) atoms. The molecule has 4 nitrogen and oxygen atoms in total. The van der Waals surface area contributed by atoms with E-state index in [0.29, 0.717) is 0 Å². The molecule has 0 amide bonds. The molecule has 1 fully saturated rings. The van der Waals surface area contributed by atoms with Crippen molar-refractivity contribution in [2.75, 3.05) is 23.3 Å². The molecule has 0 spiro atoms. The van der Waals surface area contributed by atoms with Gasteiger partial charge in [0, 0.05) is 29.9 Å². The van der Waals surface area contributed by atoms with E-state index in [9.17, 15) is 0 Å². The van der Waals surface area contributed by atoms with E-state index in [1.165, 1.54) is 12.8 Å². The van der Waals surface area contributed by atoms with Crippen LogP contribution in [0.4, 0.5) is 17.3 Å². The van der Waals surface area contributed by atoms with Gasteiger partial charge in [0.2, 0.25) is 0 Å². The predicted molar refractivity (Wildman–Crippen MR) is 96.9 cm³/mol. The van der Waals surface area contributed by atoms with Crippen molar-refractivity contribution < 1.29 is 0 Å². The van der Waals surface area contributed by atoms with Crippen molar-refractivity contribution in [1.82, 2.24) is 9.97 Å². The second-order valence-corrected chi connectivity index (χ2v) is 6.82. The Morgan fingerprint density at radius 3 is 2.57 bits per heavy atom. The molecule has 0 bridgehead atoms. The van der Waals surface area contributed by atoms with Crippen LogP contribution in [-0.4, -0.2) is 23.1 Å². The minimum absolute atomic E-state index is 0.756. The summed E-state index contributed by atoms with van der Waals surface area (Å²) in [6.07, 6.45) is 2.44. The molecule has 0 atom stereocenters. The molecule has 3 rings (SSSR count). The summed E-state index contributed by atoms with van der Waals surface area (Å²) < 4.78 is 0. The number of hydrogen-bond donors (Lipinski definition) is 1. The lowest BCUT2D eigenvalue weighted by Gasteiger charge is -2.31. The molecule has 0 aliphatic carbocycles. The number of halogens is 1. The molecule has 1 aromatic carbocycles. The highest BCUT2D eigenvalue weighted by Gasteiger charge is 2.18. The molecule has 1 saturated heterocycles. The van der Waals surface area contributed by atoms with Gasteiger partial charge in [0.05, 0.1) is 0 Å². The van der Waals surface area contributed by atoms with E-state index in [0.717, 1.165) is 52.7 Å². The summed E-state index contributed by atoms with van der Waals surface area (Å²) in [7, 11) is 0. The molecule has 2 aromatic rings. The first-order valence-corrected chi connectivity index (χ1v) is 8.53. The zero-order valence-electron chi connectivity index (χ0n) is 13.9. The van der Waals surface area contributed by atoms with Gasteiger partial charge in [-0.15, -0.1) is 0 Å². The van der Waals surface area contributed by atoms with Crippen LogP contribution in [0.2, 0.25) is 5.02 Å². The second kappa shape index (κ2) is 6.75. The maximum Gasteiger partial charge on any atom is 0.136 e. The van der Waals surface area contributed by atoms with Gasteiger partial charge in [0.25, 0.3) is 0 Å². The highest BCUT2D eigenvalue weighted by atomic mass is 35.5. The van der Waals surface area contributed by atoms with Gasteiger partial charge in [-0.05, 0) is 50.3 Å². The van der Waals surface area contributed by atoms with Gasteiger partial charge in [0.1, 0.15) is 17.5 Å². The molecular formula is C18H23ClN4. The van der Waals surface area contributed by atoms with Crippen LogP contribution in [0.3, 0.4) is 0 Å². The number of aryl methyl sites for hydroxylation is 2. The fraction of sp³-hybridized carbons (Fsp3) is 0.444. The molecule has 1 aliphatic rings. The monoisotopic (exact) mass is 330 g/mol. The number of nitrogens with zero attached hydrogens (tertiary/aromatic N) is 3. The normalized spacial score (nSPS) is 15.7. The standard InChI is InChI=1S/C18H23ClN4/c1-12-6-8-23(9-7-12)18-11-17(20-14(3)21-18)22-15-5-4-13(2)16(19)10-15/h4-5,10-12H,6-9H2,1-3H3,(H,20,21,22). The SMILES string of the molecule is Cc1nc(Nc2ccc(C)c(Cl)c2)cc(N2CCC(C)CC2)n1. The molecular weight excluding hydrogens is 308 g/mol. The third kappa shape index (κ3) is 3.94. The smallest absolute Gasteiger partial charge is 0.136 e. The lowest BCUT2D eigenvalue weighted by Crippen LogP contribution is -2.33. The fourth-order valence-corrected chi connectivity index (χ4v) is 3.01. The van der Waals surface area contributed by atoms with Crippen LogP contribution in [0.1, 0.15) is 31.2 Å². The van der Waals surface area contributed by atoms with Gasteiger partial charge < -0.3 is 10.2 Å². The summed E-state index contributed by atoms with van der Waals surface area (Å²) in [4.78, 5) is 11.5. The Labute approximate surface area is 142 Å². The first-order chi connectivity index (χ1) is 11.0. The molecule has 2 heterocycles. The van der Waals surface area contributed by atoms with Crippen LogP contribution in [0.5, 0.6) is 0 Å². The largest absolute Gasteiger partial charge is 0.356 e. The zero-order valence-corrected chi connectivity index (χ0v) is 14.7. The van der Waals surface area contributed by atoms with Crippen LogP contribution in [-0.2, 0) is 0 Å². The lowest BCUT2D eigenvalue weighted by atomic mass is 9.99. The molecule has 1 N–H and O–H groups in total. The Morgan fingerprint density at radius 1 is 1.13 bits per heavy atom. The van der Waals surface area contributed by atoms with Gasteiger partial charge in [-0.3, -0.25) is 0 Å². The second-order valence-electron chi connectivity index (χ2n) is 6.42. The summed E-state index contributed by atoms with van der Waals surface area (Å²) in [5.74, 6) is 3.40. The Kier molecular flexibility index (Phi) is 4.71. The molecule has 0 saturated carbocycles. The lowest BCUT2D eigenvalue weighted by molar-refractivity contribution is 0.436. The predicted octanol–water partition coefficient (Wildman–Crippen LogP) is 4.73. The van der Waals surface area contributed by atoms with E-state index >= 15 is 0 Å². The number of anilines is 3. The molecule has 1 aromatic heterocycles. The summed E-state index contributed by atoms with van der Waals surface area (Å²) in [5, 5.41) is 4.09. The number of rotatable bonds is 3. The van der Waals surface area contributed by atoms with Gasteiger partial charge >= 0.3 is 0 Å². The van der Waals surface area contributed by atoms with Crippen molar-refractivity contribution in [2.45, 2.75) is 33.6 Å². The van der Waals surface area contributed by atoms with Crippen LogP contribution < -0.4 is 10.2 Å². The quantitative estimate of drug-likeness (QED) is 0.883. The summed E-state index contributed by atoms with van der Waals surface area (Å²) >= 11 is 6.20. The molecule has 1 aliphatic heterocycles. The van der Waals surface area contributed by atoms with Gasteiger partial charge in [-0.2, -0.15) is 0 Å². The Balaban J connectivity index is 1.81. The minimum Gasteiger partial charge on any atom is -0.356 e. The highest BCUT2D eigenvalue weighted by Crippen LogP contribution is 2.26. The van der Waals surface area contributed by atoms with E-state index in [1.54, 1.807) is 0 Å². The average molecular weight is 331 g/mol. The number of benzene rings is 1. The Hall–Kier alpha value is -1.81. The van der Waals surface area contributed by atoms with E-state index < -0.39 is 0 Å². The van der Waals surface area contributed by atoms with Crippen LogP contribution in [0.25, 0.3) is 0 Å². The van der Waals surface area contributed by atoms with Crippen molar-refractivity contribution >= 4 is 28.9 Å². The van der Waals surface area contributed by atoms with Gasteiger partial charge in [-0.1, -0.05) is 24.6 Å². The molecule has 122 valence electrons. The zero-order chi connectivity index (χ0) is 16.4. The number of nitrogens with one attached hydrogen (secondary N) is 1. The minimum atomic E-state index is 0.756. The highest BCUT2D eigenvalue weighted by molar-refractivity contribution is 6.31. The van der Waals surface area contributed by atoms with E-state index in [1.807, 2.05) is 38.1 Å². The third-order valence-corrected chi connectivity index (χ3v) is 4.78. The van der Waals surface area contributed by atoms with Crippen LogP contribution in [0.15, 0.2) is 24.3 Å². The van der Waals surface area contributed by atoms with Crippen molar-refractivity contribution in [2.24, 2.45) is 5.92 Å². The maximum atomic E-state index is 6.20. The maximum absolute atomic E-state index is 6.20. The van der Waals surface area contributed by atoms with E-state index in [2.05, 4.69) is 27.1 Å². The van der Waals surface area contributed by atoms with Gasteiger partial charge in [-0.25, -0.2) is 9.97 Å². The van der Waals surface area contributed by atoms with E-state index in [4.69, 9.17) is 11.6 Å². The van der Waals surface area contributed by atoms with Crippen molar-refractivity contribution in [3.05, 3.63) is 40.7 Å². The van der Waals surface area contributed by atoms with Crippen molar-refractivity contribution in [3.8, 4) is 0 Å². The molecule has 0 unspecified atom stereocenters. The Bertz CT molecular complexity index is 693. The summed E-state index contributed by atoms with van der Waals surface area (Å²) in [6.45, 7) is 8.37. The summed E-state index contributed by atoms with van der Waals surface area (Å²) in [5.41, 5.74) is 2.01. The third-order valence-electron chi connectivity index (χ3n) is 4.38. The Morgan fingerprint density at radius 2 is 1.87 bits per heavy atom. The number of aromatic nitrogens is 2. The van der Waals surface area contributed by atoms with Crippen molar-refractivity contribution in [3.63, 3.8) is 0 Å². The average Bonchev–Trinajstić information content (AvgIpc) is 2.51.